The molecular weight excluding hydrogens is 482 g/mol. The van der Waals surface area contributed by atoms with Crippen LogP contribution in [0.2, 0.25) is 18.1 Å². The van der Waals surface area contributed by atoms with Crippen LogP contribution in [0.25, 0.3) is 32.9 Å². The van der Waals surface area contributed by atoms with Crippen molar-refractivity contribution in [1.29, 1.82) is 0 Å². The van der Waals surface area contributed by atoms with Crippen molar-refractivity contribution >= 4 is 42.0 Å². The van der Waals surface area contributed by atoms with Crippen molar-refractivity contribution < 1.29 is 13.9 Å². The zero-order chi connectivity index (χ0) is 25.9. The number of aromatic nitrogens is 1. The van der Waals surface area contributed by atoms with Gasteiger partial charge >= 0.3 is 0 Å². The van der Waals surface area contributed by atoms with E-state index in [1.165, 1.54) is 0 Å². The molecule has 6 heteroatoms. The maximum Gasteiger partial charge on any atom is 0.196 e. The van der Waals surface area contributed by atoms with Crippen LogP contribution >= 0.6 is 11.3 Å². The van der Waals surface area contributed by atoms with E-state index in [1.807, 2.05) is 37.3 Å². The first kappa shape index (κ1) is 26.1. The second-order valence-electron chi connectivity index (χ2n) is 10.4. The highest BCUT2D eigenvalue weighted by atomic mass is 32.1. The molecule has 1 atom stereocenters. The number of hydrogen-bond acceptors (Lipinski definition) is 5. The van der Waals surface area contributed by atoms with Crippen molar-refractivity contribution in [2.45, 2.75) is 52.1 Å². The van der Waals surface area contributed by atoms with Crippen LogP contribution in [0.5, 0.6) is 11.5 Å². The fourth-order valence-electron chi connectivity index (χ4n) is 3.55. The van der Waals surface area contributed by atoms with E-state index in [4.69, 9.17) is 18.9 Å². The Morgan fingerprint density at radius 3 is 2.03 bits per heavy atom. The average Bonchev–Trinajstić information content (AvgIpc) is 3.26. The predicted molar refractivity (Wildman–Crippen MR) is 155 cm³/mol. The minimum absolute atomic E-state index is 0.153. The Morgan fingerprint density at radius 2 is 1.44 bits per heavy atom. The molecule has 0 aliphatic rings. The minimum atomic E-state index is -1.87. The second-order valence-corrected chi connectivity index (χ2v) is 16.2. The van der Waals surface area contributed by atoms with E-state index >= 15 is 0 Å². The van der Waals surface area contributed by atoms with Crippen molar-refractivity contribution in [1.82, 2.24) is 4.98 Å². The van der Waals surface area contributed by atoms with Gasteiger partial charge in [0.05, 0.1) is 17.3 Å². The zero-order valence-electron chi connectivity index (χ0n) is 22.2. The third-order valence-corrected chi connectivity index (χ3v) is 12.3. The van der Waals surface area contributed by atoms with Gasteiger partial charge in [0.15, 0.2) is 14.6 Å². The Labute approximate surface area is 219 Å². The lowest BCUT2D eigenvalue weighted by Crippen LogP contribution is -2.44. The number of nitrogens with zero attached hydrogens (tertiary/aromatic N) is 1. The summed E-state index contributed by atoms with van der Waals surface area (Å²) in [6.07, 6.45) is 3.95. The number of rotatable bonds is 8. The van der Waals surface area contributed by atoms with Gasteiger partial charge in [0.1, 0.15) is 16.5 Å². The molecule has 0 saturated carbocycles. The van der Waals surface area contributed by atoms with Crippen LogP contribution < -0.4 is 9.47 Å². The molecule has 1 unspecified atom stereocenters. The largest absolute Gasteiger partial charge is 0.497 e. The van der Waals surface area contributed by atoms with Crippen molar-refractivity contribution in [3.05, 3.63) is 77.9 Å². The molecule has 0 saturated heterocycles. The second kappa shape index (κ2) is 10.6. The van der Waals surface area contributed by atoms with E-state index in [-0.39, 0.29) is 11.3 Å². The molecule has 0 bridgehead atoms. The van der Waals surface area contributed by atoms with E-state index in [9.17, 15) is 0 Å². The molecule has 0 spiro atoms. The van der Waals surface area contributed by atoms with Gasteiger partial charge in [0, 0.05) is 5.56 Å². The van der Waals surface area contributed by atoms with Gasteiger partial charge in [-0.1, -0.05) is 69.3 Å². The van der Waals surface area contributed by atoms with Crippen molar-refractivity contribution in [3.8, 4) is 22.1 Å². The molecule has 0 aliphatic carbocycles. The molecule has 4 nitrogen and oxygen atoms in total. The third-order valence-electron chi connectivity index (χ3n) is 6.67. The van der Waals surface area contributed by atoms with Gasteiger partial charge in [-0.05, 0) is 66.5 Å². The Hall–Kier alpha value is -2.93. The lowest BCUT2D eigenvalue weighted by Gasteiger charge is -2.38. The van der Waals surface area contributed by atoms with Crippen LogP contribution in [-0.2, 0) is 4.43 Å². The van der Waals surface area contributed by atoms with Gasteiger partial charge in [-0.2, -0.15) is 0 Å². The number of benzene rings is 3. The van der Waals surface area contributed by atoms with Crippen LogP contribution in [0.15, 0.2) is 66.7 Å². The molecular formula is C30H35NO3SSi. The molecule has 3 aromatic carbocycles. The smallest absolute Gasteiger partial charge is 0.196 e. The van der Waals surface area contributed by atoms with Gasteiger partial charge in [-0.25, -0.2) is 4.98 Å². The molecule has 0 fully saturated rings. The fraction of sp³-hybridized carbons (Fsp3) is 0.300. The molecule has 1 heterocycles. The lowest BCUT2D eigenvalue weighted by atomic mass is 10.1. The highest BCUT2D eigenvalue weighted by molar-refractivity contribution is 7.21. The SMILES string of the molecule is COc1ccc2nc(-c3ccc(C=Cc4ccc(OC(C)O[Si](C)(C)C(C)(C)C)cc4)cc3)sc2c1. The van der Waals surface area contributed by atoms with Gasteiger partial charge in [0.25, 0.3) is 0 Å². The average molecular weight is 518 g/mol. The van der Waals surface area contributed by atoms with Gasteiger partial charge in [-0.15, -0.1) is 11.3 Å². The summed E-state index contributed by atoms with van der Waals surface area (Å²) in [4.78, 5) is 4.77. The Morgan fingerprint density at radius 1 is 0.861 bits per heavy atom. The molecule has 36 heavy (non-hydrogen) atoms. The third kappa shape index (κ3) is 6.24. The summed E-state index contributed by atoms with van der Waals surface area (Å²) in [5.74, 6) is 1.67. The molecule has 4 rings (SSSR count). The topological polar surface area (TPSA) is 40.6 Å². The van der Waals surface area contributed by atoms with Gasteiger partial charge in [-0.3, -0.25) is 0 Å². The summed E-state index contributed by atoms with van der Waals surface area (Å²) in [6.45, 7) is 13.2. The van der Waals surface area contributed by atoms with E-state index in [2.05, 4.69) is 82.4 Å². The van der Waals surface area contributed by atoms with Crippen LogP contribution in [-0.4, -0.2) is 26.7 Å². The molecule has 4 aromatic rings. The quantitative estimate of drug-likeness (QED) is 0.133. The highest BCUT2D eigenvalue weighted by Gasteiger charge is 2.38. The first-order chi connectivity index (χ1) is 17.0. The molecule has 0 radical (unpaired) electrons. The summed E-state index contributed by atoms with van der Waals surface area (Å²) >= 11 is 1.68. The Bertz CT molecular complexity index is 1340. The molecule has 0 N–H and O–H groups in total. The zero-order valence-corrected chi connectivity index (χ0v) is 24.0. The Kier molecular flexibility index (Phi) is 7.69. The minimum Gasteiger partial charge on any atom is -0.497 e. The molecule has 0 amide bonds. The highest BCUT2D eigenvalue weighted by Crippen LogP contribution is 2.37. The lowest BCUT2D eigenvalue weighted by molar-refractivity contribution is 0.0105. The van der Waals surface area contributed by atoms with E-state index in [0.717, 1.165) is 43.4 Å². The summed E-state index contributed by atoms with van der Waals surface area (Å²) in [5.41, 5.74) is 4.36. The monoisotopic (exact) mass is 517 g/mol. The van der Waals surface area contributed by atoms with Crippen LogP contribution in [0.1, 0.15) is 38.8 Å². The van der Waals surface area contributed by atoms with E-state index in [0.29, 0.717) is 0 Å². The number of ether oxygens (including phenoxy) is 2. The number of methoxy groups -OCH3 is 1. The first-order valence-electron chi connectivity index (χ1n) is 12.2. The van der Waals surface area contributed by atoms with Crippen molar-refractivity contribution in [3.63, 3.8) is 0 Å². The van der Waals surface area contributed by atoms with E-state index < -0.39 is 8.32 Å². The van der Waals surface area contributed by atoms with Gasteiger partial charge in [0.2, 0.25) is 0 Å². The summed E-state index contributed by atoms with van der Waals surface area (Å²) in [6, 6.07) is 22.6. The van der Waals surface area contributed by atoms with Crippen LogP contribution in [0.3, 0.4) is 0 Å². The van der Waals surface area contributed by atoms with Crippen LogP contribution in [0.4, 0.5) is 0 Å². The van der Waals surface area contributed by atoms with Gasteiger partial charge < -0.3 is 13.9 Å². The first-order valence-corrected chi connectivity index (χ1v) is 15.9. The van der Waals surface area contributed by atoms with Crippen molar-refractivity contribution in [2.24, 2.45) is 0 Å². The number of fused-ring (bicyclic) bond motifs is 1. The molecule has 188 valence electrons. The summed E-state index contributed by atoms with van der Waals surface area (Å²) in [5, 5.41) is 1.16. The standard InChI is InChI=1S/C30H35NO3SSi/c1-21(34-36(6,7)30(2,3)4)33-25-16-12-23(13-17-25)9-8-22-10-14-24(15-11-22)29-31-27-19-18-26(32-5)20-28(27)35-29/h8-21H,1-7H3. The summed E-state index contributed by atoms with van der Waals surface area (Å²) in [7, 11) is -0.182. The predicted octanol–water partition coefficient (Wildman–Crippen LogP) is 8.89. The summed E-state index contributed by atoms with van der Waals surface area (Å²) < 4.78 is 18.8. The fourth-order valence-corrected chi connectivity index (χ4v) is 5.78. The van der Waals surface area contributed by atoms with E-state index in [1.54, 1.807) is 18.4 Å². The number of hydrogen-bond donors (Lipinski definition) is 0. The maximum atomic E-state index is 6.30. The molecule has 0 aliphatic heterocycles. The molecule has 1 aromatic heterocycles. The maximum absolute atomic E-state index is 6.30. The number of thiazole rings is 1. The Balaban J connectivity index is 1.37. The van der Waals surface area contributed by atoms with Crippen LogP contribution in [0, 0.1) is 0 Å². The normalized spacial score (nSPS) is 13.3. The van der Waals surface area contributed by atoms with Crippen molar-refractivity contribution in [2.75, 3.05) is 7.11 Å².